The number of alkyl halides is 2. The van der Waals surface area contributed by atoms with Gasteiger partial charge in [-0.2, -0.15) is 14.0 Å². The highest BCUT2D eigenvalue weighted by Gasteiger charge is 2.43. The van der Waals surface area contributed by atoms with Crippen LogP contribution in [0.15, 0.2) is 30.3 Å². The predicted molar refractivity (Wildman–Crippen MR) is 108 cm³/mol. The molecule has 35 heavy (non-hydrogen) atoms. The Morgan fingerprint density at radius 2 is 1.43 bits per heavy atom. The molecule has 0 aromatic heterocycles. The zero-order chi connectivity index (χ0) is 26.1. The number of benzene rings is 3. The summed E-state index contributed by atoms with van der Waals surface area (Å²) in [5.74, 6) is -12.9. The first kappa shape index (κ1) is 25.8. The Kier molecular flexibility index (Phi) is 7.24. The first-order chi connectivity index (χ1) is 16.4. The highest BCUT2D eigenvalue weighted by molar-refractivity contribution is 5.73. The van der Waals surface area contributed by atoms with Gasteiger partial charge in [0, 0.05) is 18.2 Å². The minimum Gasteiger partial charge on any atom is -0.507 e. The Morgan fingerprint density at radius 1 is 0.857 bits per heavy atom. The van der Waals surface area contributed by atoms with Crippen molar-refractivity contribution in [3.05, 3.63) is 81.9 Å². The first-order valence-corrected chi connectivity index (χ1v) is 10.1. The lowest BCUT2D eigenvalue weighted by Gasteiger charge is -2.21. The molecule has 0 amide bonds. The Morgan fingerprint density at radius 3 is 1.94 bits per heavy atom. The van der Waals surface area contributed by atoms with Crippen LogP contribution in [0.25, 0.3) is 11.1 Å². The number of aryl methyl sites for hydroxylation is 1. The van der Waals surface area contributed by atoms with E-state index in [4.69, 9.17) is 5.26 Å². The minimum atomic E-state index is -4.97. The molecular formula is C24H15F8NO2. The van der Waals surface area contributed by atoms with E-state index < -0.39 is 74.8 Å². The zero-order valence-corrected chi connectivity index (χ0v) is 17.8. The van der Waals surface area contributed by atoms with Gasteiger partial charge in [0.1, 0.15) is 57.8 Å². The number of ether oxygens (including phenoxy) is 1. The Bertz CT molecular complexity index is 1290. The van der Waals surface area contributed by atoms with Crippen molar-refractivity contribution >= 4 is 0 Å². The summed E-state index contributed by atoms with van der Waals surface area (Å²) in [5, 5.41) is 18.6. The van der Waals surface area contributed by atoms with E-state index >= 15 is 4.39 Å². The number of nitrogens with zero attached hydrogens (tertiary/aromatic N) is 1. The van der Waals surface area contributed by atoms with Gasteiger partial charge < -0.3 is 9.84 Å². The Labute approximate surface area is 193 Å². The number of hydrogen-bond donors (Lipinski definition) is 1. The molecule has 0 saturated heterocycles. The third-order valence-electron chi connectivity index (χ3n) is 5.03. The molecule has 3 nitrogen and oxygen atoms in total. The summed E-state index contributed by atoms with van der Waals surface area (Å²) in [6.45, 7) is 1.83. The lowest BCUT2D eigenvalue weighted by Crippen LogP contribution is -2.26. The van der Waals surface area contributed by atoms with Crippen LogP contribution in [0.3, 0.4) is 0 Å². The quantitative estimate of drug-likeness (QED) is 0.348. The Balaban J connectivity index is 2.14. The number of unbranched alkanes of at least 4 members (excludes halogenated alkanes) is 1. The molecule has 0 bridgehead atoms. The van der Waals surface area contributed by atoms with Crippen molar-refractivity contribution in [1.82, 2.24) is 0 Å². The van der Waals surface area contributed by atoms with Crippen LogP contribution in [0.4, 0.5) is 35.1 Å². The monoisotopic (exact) mass is 501 g/mol. The van der Waals surface area contributed by atoms with Gasteiger partial charge in [-0.15, -0.1) is 0 Å². The van der Waals surface area contributed by atoms with Crippen LogP contribution in [-0.2, 0) is 12.5 Å². The van der Waals surface area contributed by atoms with Gasteiger partial charge in [-0.1, -0.05) is 13.3 Å². The van der Waals surface area contributed by atoms with Crippen LogP contribution in [0.1, 0.15) is 36.5 Å². The van der Waals surface area contributed by atoms with E-state index in [1.165, 1.54) is 0 Å². The fraction of sp³-hybridized carbons (Fsp3) is 0.208. The third kappa shape index (κ3) is 5.01. The summed E-state index contributed by atoms with van der Waals surface area (Å²) in [7, 11) is 0. The second-order valence-corrected chi connectivity index (χ2v) is 7.47. The maximum atomic E-state index is 15.1. The fourth-order valence-electron chi connectivity index (χ4n) is 3.42. The topological polar surface area (TPSA) is 53.2 Å². The molecule has 0 radical (unpaired) electrons. The van der Waals surface area contributed by atoms with Gasteiger partial charge in [-0.3, -0.25) is 0 Å². The molecule has 184 valence electrons. The van der Waals surface area contributed by atoms with Gasteiger partial charge in [0.05, 0.1) is 11.1 Å². The molecule has 3 rings (SSSR count). The Hall–Kier alpha value is -3.81. The molecule has 0 aliphatic heterocycles. The normalized spacial score (nSPS) is 11.4. The van der Waals surface area contributed by atoms with E-state index in [-0.39, 0.29) is 30.2 Å². The van der Waals surface area contributed by atoms with E-state index in [9.17, 15) is 35.8 Å². The molecule has 1 N–H and O–H groups in total. The molecule has 0 saturated carbocycles. The molecular weight excluding hydrogens is 486 g/mol. The van der Waals surface area contributed by atoms with Crippen molar-refractivity contribution in [2.75, 3.05) is 0 Å². The second kappa shape index (κ2) is 9.82. The van der Waals surface area contributed by atoms with Crippen molar-refractivity contribution in [2.45, 2.75) is 32.3 Å². The van der Waals surface area contributed by atoms with Crippen LogP contribution in [0.2, 0.25) is 0 Å². The average Bonchev–Trinajstić information content (AvgIpc) is 2.73. The summed E-state index contributed by atoms with van der Waals surface area (Å²) in [5.41, 5.74) is -5.74. The number of hydrogen-bond acceptors (Lipinski definition) is 3. The van der Waals surface area contributed by atoms with Crippen LogP contribution in [-0.4, -0.2) is 5.11 Å². The number of aromatic hydroxyl groups is 1. The zero-order valence-electron chi connectivity index (χ0n) is 17.8. The maximum Gasteiger partial charge on any atom is 0.432 e. The van der Waals surface area contributed by atoms with Crippen molar-refractivity contribution in [3.63, 3.8) is 0 Å². The molecule has 0 spiro atoms. The molecule has 0 atom stereocenters. The van der Waals surface area contributed by atoms with E-state index in [2.05, 4.69) is 4.74 Å². The average molecular weight is 501 g/mol. The van der Waals surface area contributed by atoms with E-state index in [1.807, 2.05) is 6.92 Å². The minimum absolute atomic E-state index is 0.00512. The van der Waals surface area contributed by atoms with Crippen molar-refractivity contribution in [2.24, 2.45) is 0 Å². The number of nitriles is 1. The highest BCUT2D eigenvalue weighted by atomic mass is 19.3. The van der Waals surface area contributed by atoms with Gasteiger partial charge in [-0.05, 0) is 30.5 Å². The summed E-state index contributed by atoms with van der Waals surface area (Å²) >= 11 is 0. The smallest absolute Gasteiger partial charge is 0.432 e. The fourth-order valence-corrected chi connectivity index (χ4v) is 3.42. The van der Waals surface area contributed by atoms with E-state index in [0.29, 0.717) is 12.8 Å². The maximum absolute atomic E-state index is 15.1. The first-order valence-electron chi connectivity index (χ1n) is 10.1. The number of phenolic OH excluding ortho intramolecular Hbond substituents is 1. The second-order valence-electron chi connectivity index (χ2n) is 7.47. The van der Waals surface area contributed by atoms with Crippen LogP contribution in [0, 0.1) is 46.2 Å². The van der Waals surface area contributed by atoms with Crippen LogP contribution < -0.4 is 4.74 Å². The number of phenols is 1. The molecule has 11 heteroatoms. The van der Waals surface area contributed by atoms with Crippen molar-refractivity contribution in [1.29, 1.82) is 5.26 Å². The summed E-state index contributed by atoms with van der Waals surface area (Å²) in [6, 6.07) is 3.16. The van der Waals surface area contributed by atoms with Gasteiger partial charge >= 0.3 is 6.11 Å². The highest BCUT2D eigenvalue weighted by Crippen LogP contribution is 2.44. The number of halogens is 8. The van der Waals surface area contributed by atoms with Crippen molar-refractivity contribution < 1.29 is 45.0 Å². The van der Waals surface area contributed by atoms with Crippen molar-refractivity contribution in [3.8, 4) is 28.7 Å². The molecule has 3 aromatic rings. The number of rotatable bonds is 7. The lowest BCUT2D eigenvalue weighted by molar-refractivity contribution is -0.189. The molecule has 3 aromatic carbocycles. The summed E-state index contributed by atoms with van der Waals surface area (Å²) < 4.78 is 120. The third-order valence-corrected chi connectivity index (χ3v) is 5.03. The van der Waals surface area contributed by atoms with Gasteiger partial charge in [-0.25, -0.2) is 26.3 Å². The lowest BCUT2D eigenvalue weighted by atomic mass is 9.96. The molecule has 0 fully saturated rings. The predicted octanol–water partition coefficient (Wildman–Crippen LogP) is 7.24. The van der Waals surface area contributed by atoms with E-state index in [0.717, 1.165) is 18.2 Å². The van der Waals surface area contributed by atoms with Crippen LogP contribution >= 0.6 is 0 Å². The van der Waals surface area contributed by atoms with Gasteiger partial charge in [0.15, 0.2) is 5.82 Å². The largest absolute Gasteiger partial charge is 0.507 e. The molecule has 0 aliphatic rings. The van der Waals surface area contributed by atoms with E-state index in [1.54, 1.807) is 0 Å². The van der Waals surface area contributed by atoms with Gasteiger partial charge in [0.25, 0.3) is 0 Å². The SMILES string of the molecule is CCCCc1cc(F)c(-c2c(O)cc(F)c(C(F)(F)Oc3cc(F)c(C#N)c(F)c3)c2F)c(F)c1. The summed E-state index contributed by atoms with van der Waals surface area (Å²) in [6.07, 6.45) is -3.45. The standard InChI is InChI=1S/C24H15F8NO2/c1-2-3-4-11-5-16(27)20(17(28)6-11)21-19(34)9-18(29)22(23(21)30)24(31,32)35-12-7-14(25)13(10-33)15(26)8-12/h5-9,34H,2-4H2,1H3. The molecule has 0 unspecified atom stereocenters. The molecule has 0 aliphatic carbocycles. The van der Waals surface area contributed by atoms with Crippen LogP contribution in [0.5, 0.6) is 11.5 Å². The summed E-state index contributed by atoms with van der Waals surface area (Å²) in [4.78, 5) is 0. The molecule has 0 heterocycles. The van der Waals surface area contributed by atoms with Gasteiger partial charge in [0.2, 0.25) is 0 Å².